The second kappa shape index (κ2) is 8.19. The van der Waals surface area contributed by atoms with Gasteiger partial charge in [0.15, 0.2) is 5.75 Å². The molecule has 0 radical (unpaired) electrons. The number of carbonyl (C=O) groups is 1. The minimum atomic E-state index is -0.261. The molecule has 1 aliphatic heterocycles. The van der Waals surface area contributed by atoms with Crippen LogP contribution in [0.5, 0.6) is 5.75 Å². The summed E-state index contributed by atoms with van der Waals surface area (Å²) in [6.07, 6.45) is 2.54. The largest absolute Gasteiger partial charge is 0.469 e. The Bertz CT molecular complexity index is 906. The first-order chi connectivity index (χ1) is 13.1. The predicted octanol–water partition coefficient (Wildman–Crippen LogP) is 2.85. The summed E-state index contributed by atoms with van der Waals surface area (Å²) < 4.78 is 10.4. The van der Waals surface area contributed by atoms with Crippen LogP contribution < -0.4 is 15.4 Å². The number of para-hydroxylation sites is 2. The lowest BCUT2D eigenvalue weighted by molar-refractivity contribution is -0.140. The van der Waals surface area contributed by atoms with Crippen LogP contribution in [0.4, 0.5) is 11.6 Å². The van der Waals surface area contributed by atoms with Crippen molar-refractivity contribution in [1.82, 2.24) is 9.97 Å². The molecule has 2 heterocycles. The van der Waals surface area contributed by atoms with Crippen LogP contribution in [0.25, 0.3) is 5.57 Å². The van der Waals surface area contributed by atoms with Crippen LogP contribution in [0.1, 0.15) is 24.1 Å². The number of anilines is 2. The number of aromatic nitrogens is 2. The van der Waals surface area contributed by atoms with Gasteiger partial charge in [-0.25, -0.2) is 9.97 Å². The maximum Gasteiger partial charge on any atom is 0.305 e. The molecule has 3 rings (SSSR count). The Morgan fingerprint density at radius 2 is 2.22 bits per heavy atom. The molecule has 0 atom stereocenters. The van der Waals surface area contributed by atoms with Gasteiger partial charge in [-0.05, 0) is 31.0 Å². The highest BCUT2D eigenvalue weighted by Crippen LogP contribution is 2.35. The number of fused-ring (bicyclic) bond motifs is 1. The number of hydrogen-bond acceptors (Lipinski definition) is 8. The van der Waals surface area contributed by atoms with Crippen molar-refractivity contribution in [3.8, 4) is 11.8 Å². The van der Waals surface area contributed by atoms with Gasteiger partial charge in [-0.1, -0.05) is 12.1 Å². The number of hydrogen-bond donors (Lipinski definition) is 2. The second-order valence-corrected chi connectivity index (χ2v) is 5.87. The lowest BCUT2D eigenvalue weighted by atomic mass is 10.1. The number of nitrogens with zero attached hydrogens (tertiary/aromatic N) is 3. The number of rotatable bonds is 6. The molecule has 27 heavy (non-hydrogen) atoms. The average Bonchev–Trinajstić information content (AvgIpc) is 3.11. The number of allylic oxidation sites excluding steroid dienone is 1. The minimum absolute atomic E-state index is 0.261. The standard InChI is InChI=1S/C19H19N5O3/c1-12-11-22-19(21-9-5-8-16(25)26-2)24-17(12)13(10-20)18-23-14-6-3-4-7-15(14)27-18/h3-4,6-7,11,23H,5,8-9H2,1-2H3,(H,21,22,24)/b18-13+. The molecule has 1 aromatic heterocycles. The smallest absolute Gasteiger partial charge is 0.305 e. The zero-order valence-electron chi connectivity index (χ0n) is 15.1. The molecule has 8 nitrogen and oxygen atoms in total. The SMILES string of the molecule is COC(=O)CCCNc1ncc(C)c(/C(C#N)=C2\Nc3ccccc3O2)n1. The van der Waals surface area contributed by atoms with Crippen molar-refractivity contribution in [1.29, 1.82) is 5.26 Å². The zero-order chi connectivity index (χ0) is 19.2. The third kappa shape index (κ3) is 4.15. The summed E-state index contributed by atoms with van der Waals surface area (Å²) in [6.45, 7) is 2.34. The molecule has 0 amide bonds. The number of aryl methyl sites for hydroxylation is 1. The molecule has 1 aromatic carbocycles. The quantitative estimate of drug-likeness (QED) is 0.457. The molecular weight excluding hydrogens is 346 g/mol. The van der Waals surface area contributed by atoms with Crippen molar-refractivity contribution in [3.05, 3.63) is 47.6 Å². The minimum Gasteiger partial charge on any atom is -0.469 e. The van der Waals surface area contributed by atoms with Gasteiger partial charge in [-0.2, -0.15) is 5.26 Å². The zero-order valence-corrected chi connectivity index (χ0v) is 15.1. The van der Waals surface area contributed by atoms with Crippen molar-refractivity contribution in [2.45, 2.75) is 19.8 Å². The molecule has 0 saturated carbocycles. The summed E-state index contributed by atoms with van der Waals surface area (Å²) in [7, 11) is 1.36. The Labute approximate surface area is 156 Å². The third-order valence-electron chi connectivity index (χ3n) is 3.96. The second-order valence-electron chi connectivity index (χ2n) is 5.87. The Morgan fingerprint density at radius 1 is 1.41 bits per heavy atom. The first-order valence-electron chi connectivity index (χ1n) is 8.45. The van der Waals surface area contributed by atoms with E-state index in [2.05, 4.69) is 31.4 Å². The third-order valence-corrected chi connectivity index (χ3v) is 3.96. The normalized spacial score (nSPS) is 13.7. The Balaban J connectivity index is 1.78. The van der Waals surface area contributed by atoms with Crippen molar-refractivity contribution >= 4 is 23.2 Å². The molecule has 0 spiro atoms. The first kappa shape index (κ1) is 18.2. The van der Waals surface area contributed by atoms with E-state index >= 15 is 0 Å². The molecule has 0 fully saturated rings. The molecule has 0 unspecified atom stereocenters. The van der Waals surface area contributed by atoms with Gasteiger partial charge >= 0.3 is 5.97 Å². The molecule has 138 valence electrons. The van der Waals surface area contributed by atoms with E-state index in [0.29, 0.717) is 48.2 Å². The van der Waals surface area contributed by atoms with Gasteiger partial charge in [0.25, 0.3) is 0 Å². The average molecular weight is 365 g/mol. The lowest BCUT2D eigenvalue weighted by Gasteiger charge is -2.09. The van der Waals surface area contributed by atoms with Crippen LogP contribution in [0.3, 0.4) is 0 Å². The van der Waals surface area contributed by atoms with E-state index in [1.807, 2.05) is 31.2 Å². The van der Waals surface area contributed by atoms with Crippen LogP contribution in [0, 0.1) is 18.3 Å². The fourth-order valence-electron chi connectivity index (χ4n) is 2.56. The van der Waals surface area contributed by atoms with Crippen molar-refractivity contribution in [3.63, 3.8) is 0 Å². The van der Waals surface area contributed by atoms with E-state index < -0.39 is 0 Å². The number of ether oxygens (including phenoxy) is 2. The van der Waals surface area contributed by atoms with Crippen molar-refractivity contribution < 1.29 is 14.3 Å². The van der Waals surface area contributed by atoms with Gasteiger partial charge < -0.3 is 20.1 Å². The van der Waals surface area contributed by atoms with E-state index in [-0.39, 0.29) is 5.97 Å². The van der Waals surface area contributed by atoms with Crippen LogP contribution in [0.2, 0.25) is 0 Å². The summed E-state index contributed by atoms with van der Waals surface area (Å²) >= 11 is 0. The molecule has 2 N–H and O–H groups in total. The van der Waals surface area contributed by atoms with Gasteiger partial charge in [0.2, 0.25) is 11.8 Å². The number of nitrogens with one attached hydrogen (secondary N) is 2. The fourth-order valence-corrected chi connectivity index (χ4v) is 2.56. The monoisotopic (exact) mass is 365 g/mol. The number of nitriles is 1. The van der Waals surface area contributed by atoms with Crippen LogP contribution in [-0.2, 0) is 9.53 Å². The number of benzene rings is 1. The van der Waals surface area contributed by atoms with Crippen molar-refractivity contribution in [2.75, 3.05) is 24.3 Å². The van der Waals surface area contributed by atoms with Crippen LogP contribution in [-0.4, -0.2) is 29.6 Å². The van der Waals surface area contributed by atoms with Gasteiger partial charge in [0.1, 0.15) is 11.6 Å². The Morgan fingerprint density at radius 3 is 2.96 bits per heavy atom. The lowest BCUT2D eigenvalue weighted by Crippen LogP contribution is -2.11. The fraction of sp³-hybridized carbons (Fsp3) is 0.263. The van der Waals surface area contributed by atoms with E-state index in [1.54, 1.807) is 6.20 Å². The van der Waals surface area contributed by atoms with Crippen molar-refractivity contribution in [2.24, 2.45) is 0 Å². The molecule has 0 aliphatic carbocycles. The maximum atomic E-state index is 11.1. The van der Waals surface area contributed by atoms with Gasteiger partial charge in [0, 0.05) is 19.2 Å². The van der Waals surface area contributed by atoms with E-state index in [9.17, 15) is 10.1 Å². The summed E-state index contributed by atoms with van der Waals surface area (Å²) in [5, 5.41) is 15.8. The van der Waals surface area contributed by atoms with E-state index in [0.717, 1.165) is 11.3 Å². The number of esters is 1. The van der Waals surface area contributed by atoms with E-state index in [4.69, 9.17) is 4.74 Å². The van der Waals surface area contributed by atoms with Gasteiger partial charge in [-0.15, -0.1) is 0 Å². The number of methoxy groups -OCH3 is 1. The Hall–Kier alpha value is -3.60. The van der Waals surface area contributed by atoms with Crippen LogP contribution >= 0.6 is 0 Å². The van der Waals surface area contributed by atoms with Gasteiger partial charge in [-0.3, -0.25) is 4.79 Å². The predicted molar refractivity (Wildman–Crippen MR) is 99.7 cm³/mol. The summed E-state index contributed by atoms with van der Waals surface area (Å²) in [5.74, 6) is 1.12. The molecule has 2 aromatic rings. The molecular formula is C19H19N5O3. The van der Waals surface area contributed by atoms with Crippen LogP contribution in [0.15, 0.2) is 36.3 Å². The summed E-state index contributed by atoms with van der Waals surface area (Å²) in [4.78, 5) is 19.8. The molecule has 8 heteroatoms. The highest BCUT2D eigenvalue weighted by atomic mass is 16.5. The molecule has 0 bridgehead atoms. The van der Waals surface area contributed by atoms with Gasteiger partial charge in [0.05, 0.1) is 18.5 Å². The highest BCUT2D eigenvalue weighted by Gasteiger charge is 2.23. The highest BCUT2D eigenvalue weighted by molar-refractivity contribution is 5.83. The molecule has 1 aliphatic rings. The summed E-state index contributed by atoms with van der Waals surface area (Å²) in [6, 6.07) is 9.61. The molecule has 0 saturated heterocycles. The van der Waals surface area contributed by atoms with E-state index in [1.165, 1.54) is 7.11 Å². The topological polar surface area (TPSA) is 109 Å². The number of carbonyl (C=O) groups excluding carboxylic acids is 1. The summed E-state index contributed by atoms with van der Waals surface area (Å²) in [5.41, 5.74) is 2.33. The Kier molecular flexibility index (Phi) is 5.52. The maximum absolute atomic E-state index is 11.1. The first-order valence-corrected chi connectivity index (χ1v) is 8.45.